The standard InChI is InChI=1S/C13H19N5O4/c1-4-5-14-13(21)16-12(20)8-18(3)7-11(19)15-10-6-9(2)22-17-10/h4,6H,1,5,7-8H2,2-3H3,(H,15,17,19)(H2,14,16,20,21). The van der Waals surface area contributed by atoms with Crippen molar-refractivity contribution >= 4 is 23.7 Å². The largest absolute Gasteiger partial charge is 0.360 e. The van der Waals surface area contributed by atoms with Crippen molar-refractivity contribution in [3.63, 3.8) is 0 Å². The number of hydrogen-bond acceptors (Lipinski definition) is 6. The first-order valence-electron chi connectivity index (χ1n) is 6.51. The SMILES string of the molecule is C=CCNC(=O)NC(=O)CN(C)CC(=O)Nc1cc(C)on1. The van der Waals surface area contributed by atoms with Gasteiger partial charge in [-0.2, -0.15) is 0 Å². The lowest BCUT2D eigenvalue weighted by Crippen LogP contribution is -2.45. The number of hydrogen-bond donors (Lipinski definition) is 3. The van der Waals surface area contributed by atoms with Crippen molar-refractivity contribution in [2.75, 3.05) is 32.0 Å². The molecule has 0 aliphatic carbocycles. The van der Waals surface area contributed by atoms with Crippen LogP contribution in [0.1, 0.15) is 5.76 Å². The van der Waals surface area contributed by atoms with Crippen molar-refractivity contribution in [2.24, 2.45) is 0 Å². The highest BCUT2D eigenvalue weighted by Gasteiger charge is 2.13. The van der Waals surface area contributed by atoms with Crippen LogP contribution in [0.5, 0.6) is 0 Å². The molecule has 9 heteroatoms. The van der Waals surface area contributed by atoms with E-state index in [9.17, 15) is 14.4 Å². The first-order chi connectivity index (χ1) is 10.4. The summed E-state index contributed by atoms with van der Waals surface area (Å²) in [5.41, 5.74) is 0. The molecule has 0 atom stereocenters. The average molecular weight is 309 g/mol. The molecule has 0 aromatic carbocycles. The molecule has 3 N–H and O–H groups in total. The molecule has 1 aromatic heterocycles. The number of aryl methyl sites for hydroxylation is 1. The van der Waals surface area contributed by atoms with Gasteiger partial charge in [-0.1, -0.05) is 11.2 Å². The second-order valence-corrected chi connectivity index (χ2v) is 4.59. The predicted octanol–water partition coefficient (Wildman–Crippen LogP) is -0.135. The normalized spacial score (nSPS) is 10.1. The number of amides is 4. The Kier molecular flexibility index (Phi) is 6.77. The minimum atomic E-state index is -0.610. The first kappa shape index (κ1) is 17.4. The highest BCUT2D eigenvalue weighted by molar-refractivity contribution is 5.96. The molecule has 9 nitrogen and oxygen atoms in total. The summed E-state index contributed by atoms with van der Waals surface area (Å²) in [4.78, 5) is 36.0. The molecule has 0 spiro atoms. The van der Waals surface area contributed by atoms with Gasteiger partial charge in [0.15, 0.2) is 5.82 Å². The Morgan fingerprint density at radius 1 is 1.36 bits per heavy atom. The fraction of sp³-hybridized carbons (Fsp3) is 0.385. The Balaban J connectivity index is 2.30. The third-order valence-electron chi connectivity index (χ3n) is 2.38. The van der Waals surface area contributed by atoms with Crippen LogP contribution < -0.4 is 16.0 Å². The van der Waals surface area contributed by atoms with Crippen LogP contribution >= 0.6 is 0 Å². The van der Waals surface area contributed by atoms with Crippen LogP contribution in [0.2, 0.25) is 0 Å². The number of nitrogens with zero attached hydrogens (tertiary/aromatic N) is 2. The zero-order chi connectivity index (χ0) is 16.5. The molecule has 1 heterocycles. The summed E-state index contributed by atoms with van der Waals surface area (Å²) in [6.07, 6.45) is 1.49. The lowest BCUT2D eigenvalue weighted by Gasteiger charge is -2.15. The Bertz CT molecular complexity index is 554. The number of carbonyl (C=O) groups is 3. The Hall–Kier alpha value is -2.68. The number of rotatable bonds is 7. The highest BCUT2D eigenvalue weighted by atomic mass is 16.5. The maximum Gasteiger partial charge on any atom is 0.321 e. The number of likely N-dealkylation sites (N-methyl/N-ethyl adjacent to an activating group) is 1. The van der Waals surface area contributed by atoms with Crippen LogP contribution in [0.25, 0.3) is 0 Å². The fourth-order valence-corrected chi connectivity index (χ4v) is 1.53. The summed E-state index contributed by atoms with van der Waals surface area (Å²) in [6.45, 7) is 5.26. The van der Waals surface area contributed by atoms with Gasteiger partial charge < -0.3 is 15.2 Å². The minimum absolute atomic E-state index is 0.0341. The summed E-state index contributed by atoms with van der Waals surface area (Å²) in [5.74, 6) is 0.0200. The van der Waals surface area contributed by atoms with E-state index in [4.69, 9.17) is 4.52 Å². The topological polar surface area (TPSA) is 117 Å². The molecule has 22 heavy (non-hydrogen) atoms. The van der Waals surface area contributed by atoms with E-state index >= 15 is 0 Å². The molecule has 0 aliphatic rings. The molecule has 1 rings (SSSR count). The van der Waals surface area contributed by atoms with Crippen molar-refractivity contribution < 1.29 is 18.9 Å². The first-order valence-corrected chi connectivity index (χ1v) is 6.51. The number of urea groups is 1. The Morgan fingerprint density at radius 3 is 2.64 bits per heavy atom. The van der Waals surface area contributed by atoms with Crippen molar-refractivity contribution in [3.8, 4) is 0 Å². The summed E-state index contributed by atoms with van der Waals surface area (Å²) < 4.78 is 4.82. The van der Waals surface area contributed by atoms with Crippen LogP contribution in [0.3, 0.4) is 0 Å². The molecular formula is C13H19N5O4. The van der Waals surface area contributed by atoms with Crippen molar-refractivity contribution in [1.29, 1.82) is 0 Å². The molecule has 1 aromatic rings. The van der Waals surface area contributed by atoms with Crippen LogP contribution in [0.15, 0.2) is 23.2 Å². The van der Waals surface area contributed by atoms with E-state index in [1.165, 1.54) is 11.0 Å². The van der Waals surface area contributed by atoms with Gasteiger partial charge in [0.1, 0.15) is 5.76 Å². The Labute approximate surface area is 127 Å². The van der Waals surface area contributed by atoms with Crippen LogP contribution in [0, 0.1) is 6.92 Å². The summed E-state index contributed by atoms with van der Waals surface area (Å²) >= 11 is 0. The van der Waals surface area contributed by atoms with Crippen molar-refractivity contribution in [1.82, 2.24) is 20.7 Å². The van der Waals surface area contributed by atoms with Gasteiger partial charge in [-0.05, 0) is 14.0 Å². The van der Waals surface area contributed by atoms with E-state index < -0.39 is 11.9 Å². The van der Waals surface area contributed by atoms with E-state index in [-0.39, 0.29) is 25.5 Å². The fourth-order valence-electron chi connectivity index (χ4n) is 1.53. The average Bonchev–Trinajstić information content (AvgIpc) is 2.80. The summed E-state index contributed by atoms with van der Waals surface area (Å²) in [6, 6.07) is 0.968. The van der Waals surface area contributed by atoms with E-state index in [0.717, 1.165) is 0 Å². The molecule has 0 aliphatic heterocycles. The van der Waals surface area contributed by atoms with Gasteiger partial charge in [-0.15, -0.1) is 6.58 Å². The highest BCUT2D eigenvalue weighted by Crippen LogP contribution is 2.06. The lowest BCUT2D eigenvalue weighted by atomic mass is 10.4. The zero-order valence-electron chi connectivity index (χ0n) is 12.5. The molecule has 4 amide bonds. The van der Waals surface area contributed by atoms with Gasteiger partial charge in [0, 0.05) is 12.6 Å². The third-order valence-corrected chi connectivity index (χ3v) is 2.38. The van der Waals surface area contributed by atoms with Crippen molar-refractivity contribution in [3.05, 3.63) is 24.5 Å². The van der Waals surface area contributed by atoms with Gasteiger partial charge in [0.05, 0.1) is 13.1 Å². The summed E-state index contributed by atoms with van der Waals surface area (Å²) in [5, 5.41) is 10.7. The van der Waals surface area contributed by atoms with E-state index in [0.29, 0.717) is 11.6 Å². The molecule has 0 unspecified atom stereocenters. The molecule has 0 saturated heterocycles. The van der Waals surface area contributed by atoms with Gasteiger partial charge in [-0.25, -0.2) is 4.79 Å². The smallest absolute Gasteiger partial charge is 0.321 e. The number of anilines is 1. The maximum absolute atomic E-state index is 11.7. The van der Waals surface area contributed by atoms with E-state index in [1.54, 1.807) is 20.0 Å². The van der Waals surface area contributed by atoms with Crippen molar-refractivity contribution in [2.45, 2.75) is 6.92 Å². The number of nitrogens with one attached hydrogen (secondary N) is 3. The van der Waals surface area contributed by atoms with Crippen LogP contribution in [-0.4, -0.2) is 54.6 Å². The van der Waals surface area contributed by atoms with Gasteiger partial charge in [0.2, 0.25) is 11.8 Å². The maximum atomic E-state index is 11.7. The van der Waals surface area contributed by atoms with Crippen LogP contribution in [0.4, 0.5) is 10.6 Å². The number of carbonyl (C=O) groups excluding carboxylic acids is 3. The predicted molar refractivity (Wildman–Crippen MR) is 79.1 cm³/mol. The van der Waals surface area contributed by atoms with Gasteiger partial charge in [0.25, 0.3) is 0 Å². The third kappa shape index (κ3) is 6.66. The van der Waals surface area contributed by atoms with Gasteiger partial charge >= 0.3 is 6.03 Å². The molecule has 120 valence electrons. The van der Waals surface area contributed by atoms with Crippen LogP contribution in [-0.2, 0) is 9.59 Å². The minimum Gasteiger partial charge on any atom is -0.360 e. The zero-order valence-corrected chi connectivity index (χ0v) is 12.5. The molecule has 0 radical (unpaired) electrons. The second-order valence-electron chi connectivity index (χ2n) is 4.59. The quantitative estimate of drug-likeness (QED) is 0.604. The Morgan fingerprint density at radius 2 is 2.05 bits per heavy atom. The van der Waals surface area contributed by atoms with E-state index in [2.05, 4.69) is 27.7 Å². The molecule has 0 saturated carbocycles. The molecule has 0 bridgehead atoms. The molecular weight excluding hydrogens is 290 g/mol. The monoisotopic (exact) mass is 309 g/mol. The second kappa shape index (κ2) is 8.57. The van der Waals surface area contributed by atoms with Gasteiger partial charge in [-0.3, -0.25) is 19.8 Å². The number of imide groups is 1. The lowest BCUT2D eigenvalue weighted by molar-refractivity contribution is -0.122. The van der Waals surface area contributed by atoms with E-state index in [1.807, 2.05) is 0 Å². The summed E-state index contributed by atoms with van der Waals surface area (Å²) in [7, 11) is 1.58. The number of aromatic nitrogens is 1. The molecule has 0 fully saturated rings.